The van der Waals surface area contributed by atoms with E-state index in [2.05, 4.69) is 15.8 Å². The van der Waals surface area contributed by atoms with Gasteiger partial charge in [-0.1, -0.05) is 30.2 Å². The molecule has 6 heteroatoms. The monoisotopic (exact) mass is 323 g/mol. The molecule has 120 valence electrons. The molecular formula is C16H22ClN3O2. The maximum Gasteiger partial charge on any atom is 0.252 e. The van der Waals surface area contributed by atoms with E-state index in [1.165, 1.54) is 0 Å². The van der Waals surface area contributed by atoms with Crippen LogP contribution in [0.15, 0.2) is 29.4 Å². The Balaban J connectivity index is 2.13. The Hall–Kier alpha value is -1.88. The van der Waals surface area contributed by atoms with E-state index in [1.54, 1.807) is 24.3 Å². The molecule has 1 aromatic rings. The largest absolute Gasteiger partial charge is 0.352 e. The third kappa shape index (κ3) is 7.22. The molecule has 0 aliphatic rings. The first-order valence-electron chi connectivity index (χ1n) is 7.33. The van der Waals surface area contributed by atoms with Crippen LogP contribution in [0.4, 0.5) is 0 Å². The average Bonchev–Trinajstić information content (AvgIpc) is 2.48. The zero-order valence-electron chi connectivity index (χ0n) is 13.0. The van der Waals surface area contributed by atoms with Crippen molar-refractivity contribution in [3.63, 3.8) is 0 Å². The Kier molecular flexibility index (Phi) is 8.22. The number of rotatable bonds is 8. The third-order valence-electron chi connectivity index (χ3n) is 2.89. The van der Waals surface area contributed by atoms with Gasteiger partial charge in [0.15, 0.2) is 0 Å². The maximum absolute atomic E-state index is 11.9. The number of hydrazone groups is 1. The molecule has 5 nitrogen and oxygen atoms in total. The second-order valence-electron chi connectivity index (χ2n) is 5.14. The highest BCUT2D eigenvalue weighted by atomic mass is 35.5. The zero-order chi connectivity index (χ0) is 16.4. The lowest BCUT2D eigenvalue weighted by molar-refractivity contribution is -0.121. The molecule has 0 saturated carbocycles. The zero-order valence-corrected chi connectivity index (χ0v) is 13.7. The van der Waals surface area contributed by atoms with E-state index in [4.69, 9.17) is 11.6 Å². The minimum absolute atomic E-state index is 0.0821. The molecular weight excluding hydrogens is 302 g/mol. The van der Waals surface area contributed by atoms with Crippen molar-refractivity contribution < 1.29 is 9.59 Å². The van der Waals surface area contributed by atoms with Gasteiger partial charge in [0.1, 0.15) is 0 Å². The first-order chi connectivity index (χ1) is 10.5. The number of nitrogens with one attached hydrogen (secondary N) is 2. The highest BCUT2D eigenvalue weighted by Gasteiger charge is 2.08. The van der Waals surface area contributed by atoms with Gasteiger partial charge in [-0.05, 0) is 38.8 Å². The normalized spacial score (nSPS) is 9.95. The standard InChI is InChI=1S/C16H22ClN3O2/c1-12(2)19-20-15(21)10-4-3-7-11-18-16(22)13-8-5-6-9-14(13)17/h5-6,8-9H,3-4,7,10-11H2,1-2H3,(H,18,22)(H,20,21). The van der Waals surface area contributed by atoms with Crippen molar-refractivity contribution in [2.45, 2.75) is 39.5 Å². The van der Waals surface area contributed by atoms with Gasteiger partial charge >= 0.3 is 0 Å². The number of carbonyl (C=O) groups excluding carboxylic acids is 2. The van der Waals surface area contributed by atoms with E-state index in [0.717, 1.165) is 25.0 Å². The summed E-state index contributed by atoms with van der Waals surface area (Å²) in [6, 6.07) is 6.95. The van der Waals surface area contributed by atoms with Crippen LogP contribution in [0.5, 0.6) is 0 Å². The average molecular weight is 324 g/mol. The van der Waals surface area contributed by atoms with Gasteiger partial charge in [0.05, 0.1) is 10.6 Å². The predicted molar refractivity (Wildman–Crippen MR) is 89.2 cm³/mol. The van der Waals surface area contributed by atoms with Gasteiger partial charge in [-0.3, -0.25) is 9.59 Å². The van der Waals surface area contributed by atoms with Crippen LogP contribution in [0.25, 0.3) is 0 Å². The van der Waals surface area contributed by atoms with Crippen LogP contribution in [-0.4, -0.2) is 24.1 Å². The first-order valence-corrected chi connectivity index (χ1v) is 7.71. The molecule has 2 amide bonds. The van der Waals surface area contributed by atoms with Crippen LogP contribution in [-0.2, 0) is 4.79 Å². The molecule has 0 fully saturated rings. The molecule has 0 spiro atoms. The Morgan fingerprint density at radius 3 is 2.55 bits per heavy atom. The second-order valence-corrected chi connectivity index (χ2v) is 5.55. The summed E-state index contributed by atoms with van der Waals surface area (Å²) in [6.45, 7) is 4.21. The molecule has 0 saturated heterocycles. The summed E-state index contributed by atoms with van der Waals surface area (Å²) in [5, 5.41) is 7.12. The molecule has 0 radical (unpaired) electrons. The topological polar surface area (TPSA) is 70.6 Å². The van der Waals surface area contributed by atoms with Gasteiger partial charge in [0.2, 0.25) is 5.91 Å². The van der Waals surface area contributed by atoms with Gasteiger partial charge in [-0.15, -0.1) is 0 Å². The minimum atomic E-state index is -0.170. The van der Waals surface area contributed by atoms with Gasteiger partial charge in [-0.25, -0.2) is 5.43 Å². The number of nitrogens with zero attached hydrogens (tertiary/aromatic N) is 1. The highest BCUT2D eigenvalue weighted by molar-refractivity contribution is 6.33. The van der Waals surface area contributed by atoms with E-state index >= 15 is 0 Å². The molecule has 0 aliphatic carbocycles. The number of unbranched alkanes of at least 4 members (excludes halogenated alkanes) is 2. The molecule has 2 N–H and O–H groups in total. The summed E-state index contributed by atoms with van der Waals surface area (Å²) < 4.78 is 0. The van der Waals surface area contributed by atoms with Crippen LogP contribution in [0.2, 0.25) is 5.02 Å². The number of hydrogen-bond donors (Lipinski definition) is 2. The van der Waals surface area contributed by atoms with Crippen molar-refractivity contribution in [2.24, 2.45) is 5.10 Å². The van der Waals surface area contributed by atoms with Crippen LogP contribution < -0.4 is 10.7 Å². The Bertz CT molecular complexity index is 540. The number of amides is 2. The second kappa shape index (κ2) is 9.95. The number of hydrogen-bond acceptors (Lipinski definition) is 3. The SMILES string of the molecule is CC(C)=NNC(=O)CCCCCNC(=O)c1ccccc1Cl. The molecule has 0 unspecified atom stereocenters. The summed E-state index contributed by atoms with van der Waals surface area (Å²) in [5.74, 6) is -0.252. The molecule has 0 atom stereocenters. The number of carbonyl (C=O) groups is 2. The van der Waals surface area contributed by atoms with Gasteiger partial charge in [0, 0.05) is 18.7 Å². The van der Waals surface area contributed by atoms with Crippen molar-refractivity contribution in [3.05, 3.63) is 34.9 Å². The van der Waals surface area contributed by atoms with Crippen LogP contribution in [0.1, 0.15) is 49.9 Å². The van der Waals surface area contributed by atoms with Crippen LogP contribution in [0, 0.1) is 0 Å². The Morgan fingerprint density at radius 1 is 1.14 bits per heavy atom. The Morgan fingerprint density at radius 2 is 1.86 bits per heavy atom. The summed E-state index contributed by atoms with van der Waals surface area (Å²) in [4.78, 5) is 23.3. The smallest absolute Gasteiger partial charge is 0.252 e. The minimum Gasteiger partial charge on any atom is -0.352 e. The van der Waals surface area contributed by atoms with Crippen LogP contribution in [0.3, 0.4) is 0 Å². The molecule has 1 aromatic carbocycles. The summed E-state index contributed by atoms with van der Waals surface area (Å²) in [5.41, 5.74) is 3.78. The molecule has 0 aromatic heterocycles. The quantitative estimate of drug-likeness (QED) is 0.438. The van der Waals surface area contributed by atoms with E-state index in [0.29, 0.717) is 23.6 Å². The molecule has 0 aliphatic heterocycles. The van der Waals surface area contributed by atoms with Crippen molar-refractivity contribution in [1.29, 1.82) is 0 Å². The lowest BCUT2D eigenvalue weighted by Crippen LogP contribution is -2.24. The third-order valence-corrected chi connectivity index (χ3v) is 3.22. The molecule has 1 rings (SSSR count). The summed E-state index contributed by atoms with van der Waals surface area (Å²) in [6.07, 6.45) is 2.89. The van der Waals surface area contributed by atoms with E-state index in [9.17, 15) is 9.59 Å². The summed E-state index contributed by atoms with van der Waals surface area (Å²) in [7, 11) is 0. The van der Waals surface area contributed by atoms with E-state index in [1.807, 2.05) is 13.8 Å². The van der Waals surface area contributed by atoms with Gasteiger partial charge in [0.25, 0.3) is 5.91 Å². The van der Waals surface area contributed by atoms with E-state index < -0.39 is 0 Å². The first kappa shape index (κ1) is 18.2. The van der Waals surface area contributed by atoms with Gasteiger partial charge < -0.3 is 5.32 Å². The Labute approximate surface area is 136 Å². The predicted octanol–water partition coefficient (Wildman–Crippen LogP) is 3.14. The van der Waals surface area contributed by atoms with E-state index in [-0.39, 0.29) is 11.8 Å². The fourth-order valence-electron chi connectivity index (χ4n) is 1.76. The fourth-order valence-corrected chi connectivity index (χ4v) is 1.98. The van der Waals surface area contributed by atoms with Crippen molar-refractivity contribution in [2.75, 3.05) is 6.54 Å². The molecule has 0 bridgehead atoms. The number of benzene rings is 1. The van der Waals surface area contributed by atoms with Crippen molar-refractivity contribution in [3.8, 4) is 0 Å². The fraction of sp³-hybridized carbons (Fsp3) is 0.438. The lowest BCUT2D eigenvalue weighted by atomic mass is 10.1. The van der Waals surface area contributed by atoms with Crippen molar-refractivity contribution >= 4 is 29.1 Å². The lowest BCUT2D eigenvalue weighted by Gasteiger charge is -2.06. The summed E-state index contributed by atoms with van der Waals surface area (Å²) >= 11 is 5.95. The van der Waals surface area contributed by atoms with Gasteiger partial charge in [-0.2, -0.15) is 5.10 Å². The highest BCUT2D eigenvalue weighted by Crippen LogP contribution is 2.14. The van der Waals surface area contributed by atoms with Crippen molar-refractivity contribution in [1.82, 2.24) is 10.7 Å². The van der Waals surface area contributed by atoms with Crippen LogP contribution >= 0.6 is 11.6 Å². The maximum atomic E-state index is 11.9. The number of halogens is 1. The molecule has 0 heterocycles. The molecule has 22 heavy (non-hydrogen) atoms.